The maximum atomic E-state index is 13.1. The number of hydrogen-bond acceptors (Lipinski definition) is 4. The highest BCUT2D eigenvalue weighted by Gasteiger charge is 2.31. The first kappa shape index (κ1) is 20.0. The van der Waals surface area contributed by atoms with E-state index in [2.05, 4.69) is 28.2 Å². The molecule has 5 rings (SSSR count). The van der Waals surface area contributed by atoms with Crippen molar-refractivity contribution in [2.24, 2.45) is 5.92 Å². The molecule has 164 valence electrons. The van der Waals surface area contributed by atoms with Crippen molar-refractivity contribution in [2.45, 2.75) is 73.1 Å². The molecule has 0 atom stereocenters. The van der Waals surface area contributed by atoms with E-state index in [1.54, 1.807) is 4.68 Å². The van der Waals surface area contributed by atoms with Gasteiger partial charge in [0, 0.05) is 61.4 Å². The van der Waals surface area contributed by atoms with Crippen LogP contribution in [0.4, 0.5) is 0 Å². The van der Waals surface area contributed by atoms with Crippen LogP contribution in [0.5, 0.6) is 0 Å². The minimum atomic E-state index is 0.101. The fourth-order valence-electron chi connectivity index (χ4n) is 4.65. The van der Waals surface area contributed by atoms with Crippen molar-refractivity contribution in [1.29, 1.82) is 0 Å². The molecule has 1 fully saturated rings. The van der Waals surface area contributed by atoms with Crippen LogP contribution >= 0.6 is 0 Å². The van der Waals surface area contributed by atoms with Crippen LogP contribution in [0.1, 0.15) is 48.1 Å². The molecule has 3 aromatic rings. The fourth-order valence-corrected chi connectivity index (χ4v) is 4.65. The Labute approximate surface area is 182 Å². The molecule has 4 heterocycles. The number of imidazole rings is 1. The van der Waals surface area contributed by atoms with Crippen molar-refractivity contribution in [3.63, 3.8) is 0 Å². The lowest BCUT2D eigenvalue weighted by molar-refractivity contribution is -0.133. The van der Waals surface area contributed by atoms with Gasteiger partial charge in [0.1, 0.15) is 12.2 Å². The smallest absolute Gasteiger partial charge is 0.244 e. The number of nitrogens with zero attached hydrogens (tertiary/aromatic N) is 7. The van der Waals surface area contributed by atoms with Crippen LogP contribution in [0.15, 0.2) is 12.3 Å². The minimum Gasteiger partial charge on any atom is -0.336 e. The Bertz CT molecular complexity index is 1130. The molecule has 0 aromatic carbocycles. The zero-order chi connectivity index (χ0) is 21.7. The highest BCUT2D eigenvalue weighted by molar-refractivity contribution is 5.77. The van der Waals surface area contributed by atoms with Crippen molar-refractivity contribution < 1.29 is 4.79 Å². The Morgan fingerprint density at radius 3 is 2.61 bits per heavy atom. The summed E-state index contributed by atoms with van der Waals surface area (Å²) in [7, 11) is 0. The summed E-state index contributed by atoms with van der Waals surface area (Å²) in [5.41, 5.74) is 6.46. The number of carbonyl (C=O) groups excluding carboxylic acids is 1. The Morgan fingerprint density at radius 2 is 1.94 bits per heavy atom. The molecule has 1 amide bonds. The number of amides is 1. The molecule has 0 bridgehead atoms. The summed E-state index contributed by atoms with van der Waals surface area (Å²) in [4.78, 5) is 19.8. The first-order chi connectivity index (χ1) is 14.9. The summed E-state index contributed by atoms with van der Waals surface area (Å²) in [5, 5.41) is 9.41. The zero-order valence-corrected chi connectivity index (χ0v) is 18.9. The third-order valence-electron chi connectivity index (χ3n) is 6.58. The highest BCUT2D eigenvalue weighted by atomic mass is 16.2. The average molecular weight is 422 g/mol. The van der Waals surface area contributed by atoms with E-state index in [-0.39, 0.29) is 12.5 Å². The second-order valence-corrected chi connectivity index (χ2v) is 9.02. The minimum absolute atomic E-state index is 0.101. The van der Waals surface area contributed by atoms with Gasteiger partial charge in [-0.05, 0) is 52.5 Å². The molecule has 0 N–H and O–H groups in total. The van der Waals surface area contributed by atoms with Crippen LogP contribution in [-0.2, 0) is 37.4 Å². The van der Waals surface area contributed by atoms with E-state index < -0.39 is 0 Å². The van der Waals surface area contributed by atoms with E-state index in [1.165, 1.54) is 24.2 Å². The van der Waals surface area contributed by atoms with Crippen molar-refractivity contribution in [1.82, 2.24) is 34.0 Å². The monoisotopic (exact) mass is 421 g/mol. The summed E-state index contributed by atoms with van der Waals surface area (Å²) in [6.07, 6.45) is 5.37. The van der Waals surface area contributed by atoms with Gasteiger partial charge in [0.15, 0.2) is 5.82 Å². The van der Waals surface area contributed by atoms with Gasteiger partial charge in [-0.3, -0.25) is 14.2 Å². The van der Waals surface area contributed by atoms with Gasteiger partial charge in [0.05, 0.1) is 5.69 Å². The summed E-state index contributed by atoms with van der Waals surface area (Å²) in [6.45, 7) is 11.6. The molecule has 1 aliphatic carbocycles. The maximum absolute atomic E-state index is 13.1. The van der Waals surface area contributed by atoms with Gasteiger partial charge in [-0.2, -0.15) is 10.2 Å². The molecule has 8 heteroatoms. The number of fused-ring (bicyclic) bond motifs is 1. The molecular formula is C23H31N7O. The molecule has 1 saturated carbocycles. The Morgan fingerprint density at radius 1 is 1.13 bits per heavy atom. The van der Waals surface area contributed by atoms with Gasteiger partial charge in [-0.25, -0.2) is 4.98 Å². The van der Waals surface area contributed by atoms with Gasteiger partial charge in [-0.1, -0.05) is 0 Å². The van der Waals surface area contributed by atoms with E-state index in [0.717, 1.165) is 53.9 Å². The van der Waals surface area contributed by atoms with Crippen molar-refractivity contribution >= 4 is 5.91 Å². The quantitative estimate of drug-likeness (QED) is 0.613. The number of carbonyl (C=O) groups is 1. The van der Waals surface area contributed by atoms with Crippen LogP contribution in [0.3, 0.4) is 0 Å². The van der Waals surface area contributed by atoms with E-state index in [0.29, 0.717) is 13.1 Å². The highest BCUT2D eigenvalue weighted by Crippen LogP contribution is 2.35. The first-order valence-corrected chi connectivity index (χ1v) is 11.3. The number of hydrogen-bond donors (Lipinski definition) is 0. The molecule has 0 saturated heterocycles. The second-order valence-electron chi connectivity index (χ2n) is 9.02. The standard InChI is InChI=1S/C23H31N7O/c1-5-29-20-8-9-27(21(31)14-30-16(3)10-15(2)25-30)13-19(20)22(26-29)23-24-11-17(4)28(23)12-18-6-7-18/h10-11,18H,5-9,12-14H2,1-4H3. The summed E-state index contributed by atoms with van der Waals surface area (Å²) < 4.78 is 6.21. The number of rotatable bonds is 6. The first-order valence-electron chi connectivity index (χ1n) is 11.3. The SMILES string of the molecule is CCn1nc(-c2ncc(C)n2CC2CC2)c2c1CCN(C(=O)Cn1nc(C)cc1C)C2. The summed E-state index contributed by atoms with van der Waals surface area (Å²) in [5.74, 6) is 1.81. The van der Waals surface area contributed by atoms with E-state index in [1.807, 2.05) is 31.0 Å². The molecule has 3 aromatic heterocycles. The topological polar surface area (TPSA) is 73.8 Å². The fraction of sp³-hybridized carbons (Fsp3) is 0.565. The summed E-state index contributed by atoms with van der Waals surface area (Å²) >= 11 is 0. The van der Waals surface area contributed by atoms with E-state index in [4.69, 9.17) is 10.1 Å². The number of aromatic nitrogens is 6. The van der Waals surface area contributed by atoms with Crippen LogP contribution in [0, 0.1) is 26.7 Å². The number of aryl methyl sites for hydroxylation is 4. The third-order valence-corrected chi connectivity index (χ3v) is 6.58. The molecule has 1 aliphatic heterocycles. The lowest BCUT2D eigenvalue weighted by Crippen LogP contribution is -2.38. The van der Waals surface area contributed by atoms with Crippen molar-refractivity contribution in [3.8, 4) is 11.5 Å². The Kier molecular flexibility index (Phi) is 4.95. The van der Waals surface area contributed by atoms with Gasteiger partial charge in [-0.15, -0.1) is 0 Å². The van der Waals surface area contributed by atoms with E-state index >= 15 is 0 Å². The molecule has 8 nitrogen and oxygen atoms in total. The zero-order valence-electron chi connectivity index (χ0n) is 18.9. The average Bonchev–Trinajstić information content (AvgIpc) is 3.28. The van der Waals surface area contributed by atoms with Gasteiger partial charge >= 0.3 is 0 Å². The predicted molar refractivity (Wildman–Crippen MR) is 117 cm³/mol. The lowest BCUT2D eigenvalue weighted by atomic mass is 10.0. The molecule has 2 aliphatic rings. The Hall–Kier alpha value is -2.90. The molecule has 0 spiro atoms. The van der Waals surface area contributed by atoms with E-state index in [9.17, 15) is 4.79 Å². The molecule has 31 heavy (non-hydrogen) atoms. The summed E-state index contributed by atoms with van der Waals surface area (Å²) in [6, 6.07) is 2.01. The normalized spacial score (nSPS) is 16.1. The third kappa shape index (κ3) is 3.68. The van der Waals surface area contributed by atoms with Crippen LogP contribution in [0.25, 0.3) is 11.5 Å². The molecule has 0 radical (unpaired) electrons. The van der Waals surface area contributed by atoms with Gasteiger partial charge in [0.25, 0.3) is 0 Å². The van der Waals surface area contributed by atoms with Gasteiger partial charge in [0.2, 0.25) is 5.91 Å². The Balaban J connectivity index is 1.45. The predicted octanol–water partition coefficient (Wildman–Crippen LogP) is 2.88. The largest absolute Gasteiger partial charge is 0.336 e. The van der Waals surface area contributed by atoms with Crippen LogP contribution in [0.2, 0.25) is 0 Å². The van der Waals surface area contributed by atoms with Crippen LogP contribution < -0.4 is 0 Å². The second kappa shape index (κ2) is 7.66. The van der Waals surface area contributed by atoms with Crippen molar-refractivity contribution in [3.05, 3.63) is 40.6 Å². The maximum Gasteiger partial charge on any atom is 0.244 e. The van der Waals surface area contributed by atoms with Crippen LogP contribution in [-0.4, -0.2) is 46.5 Å². The van der Waals surface area contributed by atoms with Crippen molar-refractivity contribution in [2.75, 3.05) is 6.54 Å². The lowest BCUT2D eigenvalue weighted by Gasteiger charge is -2.28. The molecular weight excluding hydrogens is 390 g/mol. The van der Waals surface area contributed by atoms with Gasteiger partial charge < -0.3 is 9.47 Å². The molecule has 0 unspecified atom stereocenters.